The smallest absolute Gasteiger partial charge is 0.313 e. The summed E-state index contributed by atoms with van der Waals surface area (Å²) < 4.78 is 6.81. The number of hydrogen-bond acceptors (Lipinski definition) is 4. The molecular formula is C17H26N4O3. The number of rotatable bonds is 6. The van der Waals surface area contributed by atoms with Crippen LogP contribution in [0, 0.1) is 19.8 Å². The minimum atomic E-state index is -0.654. The fourth-order valence-corrected chi connectivity index (χ4v) is 2.80. The van der Waals surface area contributed by atoms with Crippen molar-refractivity contribution in [1.29, 1.82) is 0 Å². The van der Waals surface area contributed by atoms with Crippen LogP contribution in [0.4, 0.5) is 5.69 Å². The second kappa shape index (κ2) is 8.63. The van der Waals surface area contributed by atoms with Gasteiger partial charge in [-0.15, -0.1) is 0 Å². The van der Waals surface area contributed by atoms with Crippen molar-refractivity contribution in [2.45, 2.75) is 39.7 Å². The van der Waals surface area contributed by atoms with Crippen LogP contribution in [0.3, 0.4) is 0 Å². The first-order valence-electron chi connectivity index (χ1n) is 8.30. The molecule has 0 aromatic carbocycles. The number of aryl methyl sites for hydroxylation is 1. The molecule has 1 heterocycles. The fourth-order valence-electron chi connectivity index (χ4n) is 2.80. The van der Waals surface area contributed by atoms with E-state index in [0.29, 0.717) is 37.0 Å². The highest BCUT2D eigenvalue weighted by Crippen LogP contribution is 2.19. The van der Waals surface area contributed by atoms with Gasteiger partial charge in [-0.2, -0.15) is 5.10 Å². The van der Waals surface area contributed by atoms with Crippen molar-refractivity contribution < 1.29 is 14.3 Å². The van der Waals surface area contributed by atoms with Gasteiger partial charge in [-0.1, -0.05) is 12.2 Å². The van der Waals surface area contributed by atoms with Crippen LogP contribution in [0.5, 0.6) is 0 Å². The highest BCUT2D eigenvalue weighted by atomic mass is 16.5. The molecule has 1 aromatic heterocycles. The van der Waals surface area contributed by atoms with Crippen molar-refractivity contribution in [3.8, 4) is 0 Å². The van der Waals surface area contributed by atoms with E-state index in [1.807, 2.05) is 6.92 Å². The molecule has 1 aromatic rings. The maximum atomic E-state index is 12.1. The number of aromatic nitrogens is 2. The van der Waals surface area contributed by atoms with Crippen LogP contribution in [-0.2, 0) is 20.9 Å². The summed E-state index contributed by atoms with van der Waals surface area (Å²) in [4.78, 5) is 24.1. The van der Waals surface area contributed by atoms with E-state index in [1.54, 1.807) is 18.7 Å². The Morgan fingerprint density at radius 3 is 2.79 bits per heavy atom. The molecule has 0 saturated carbocycles. The molecule has 0 unspecified atom stereocenters. The molecule has 7 heteroatoms. The van der Waals surface area contributed by atoms with Gasteiger partial charge in [0.1, 0.15) is 0 Å². The van der Waals surface area contributed by atoms with Crippen LogP contribution >= 0.6 is 0 Å². The fraction of sp³-hybridized carbons (Fsp3) is 0.588. The molecule has 132 valence electrons. The van der Waals surface area contributed by atoms with Crippen LogP contribution in [-0.4, -0.2) is 41.9 Å². The molecule has 2 rings (SSSR count). The minimum absolute atomic E-state index is 0.409. The molecule has 7 nitrogen and oxygen atoms in total. The number of carbonyl (C=O) groups is 2. The van der Waals surface area contributed by atoms with Crippen LogP contribution in [0.1, 0.15) is 30.7 Å². The molecule has 1 atom stereocenters. The molecule has 1 aliphatic carbocycles. The second-order valence-electron chi connectivity index (χ2n) is 6.08. The summed E-state index contributed by atoms with van der Waals surface area (Å²) in [5.74, 6) is -0.848. The molecule has 0 fully saturated rings. The number of hydrogen-bond donors (Lipinski definition) is 2. The Labute approximate surface area is 142 Å². The van der Waals surface area contributed by atoms with Crippen LogP contribution in [0.15, 0.2) is 12.2 Å². The molecule has 2 amide bonds. The van der Waals surface area contributed by atoms with E-state index in [0.717, 1.165) is 25.0 Å². The van der Waals surface area contributed by atoms with Gasteiger partial charge in [0.05, 0.1) is 30.2 Å². The van der Waals surface area contributed by atoms with Gasteiger partial charge < -0.3 is 15.4 Å². The van der Waals surface area contributed by atoms with Gasteiger partial charge in [0, 0.05) is 13.7 Å². The van der Waals surface area contributed by atoms with Gasteiger partial charge in [-0.25, -0.2) is 0 Å². The number of methoxy groups -OCH3 is 1. The van der Waals surface area contributed by atoms with Crippen molar-refractivity contribution in [2.75, 3.05) is 25.6 Å². The van der Waals surface area contributed by atoms with Gasteiger partial charge >= 0.3 is 11.8 Å². The third-order valence-corrected chi connectivity index (χ3v) is 4.26. The lowest BCUT2D eigenvalue weighted by atomic mass is 9.94. The number of anilines is 1. The minimum Gasteiger partial charge on any atom is -0.383 e. The molecular weight excluding hydrogens is 308 g/mol. The normalized spacial score (nSPS) is 16.9. The Balaban J connectivity index is 1.90. The first-order valence-corrected chi connectivity index (χ1v) is 8.30. The first kappa shape index (κ1) is 18.2. The summed E-state index contributed by atoms with van der Waals surface area (Å²) in [6.07, 6.45) is 7.31. The molecule has 1 aliphatic rings. The summed E-state index contributed by atoms with van der Waals surface area (Å²) in [5, 5.41) is 9.76. The average Bonchev–Trinajstić information content (AvgIpc) is 2.86. The van der Waals surface area contributed by atoms with Crippen molar-refractivity contribution in [3.63, 3.8) is 0 Å². The lowest BCUT2D eigenvalue weighted by molar-refractivity contribution is -0.136. The summed E-state index contributed by atoms with van der Waals surface area (Å²) in [6.45, 7) is 5.32. The van der Waals surface area contributed by atoms with E-state index in [9.17, 15) is 9.59 Å². The van der Waals surface area contributed by atoms with Gasteiger partial charge in [0.2, 0.25) is 0 Å². The second-order valence-corrected chi connectivity index (χ2v) is 6.08. The van der Waals surface area contributed by atoms with Gasteiger partial charge in [-0.05, 0) is 39.0 Å². The standard InChI is InChI=1S/C17H26N4O3/c1-12-15(13(2)21(20-12)9-10-24-3)19-17(23)16(22)18-11-14-7-5-4-6-8-14/h4-5,14H,6-11H2,1-3H3,(H,18,22)(H,19,23)/t14-/m0/s1. The number of nitrogens with zero attached hydrogens (tertiary/aromatic N) is 2. The molecule has 0 saturated heterocycles. The number of ether oxygens (including phenoxy) is 1. The number of nitrogens with one attached hydrogen (secondary N) is 2. The quantitative estimate of drug-likeness (QED) is 0.611. The van der Waals surface area contributed by atoms with Gasteiger partial charge in [0.25, 0.3) is 0 Å². The largest absolute Gasteiger partial charge is 0.383 e. The van der Waals surface area contributed by atoms with E-state index in [4.69, 9.17) is 4.74 Å². The van der Waals surface area contributed by atoms with Crippen LogP contribution < -0.4 is 10.6 Å². The number of carbonyl (C=O) groups excluding carboxylic acids is 2. The Hall–Kier alpha value is -2.15. The van der Waals surface area contributed by atoms with Crippen LogP contribution in [0.25, 0.3) is 0 Å². The van der Waals surface area contributed by atoms with Gasteiger partial charge in [0.15, 0.2) is 0 Å². The molecule has 2 N–H and O–H groups in total. The topological polar surface area (TPSA) is 85.2 Å². The molecule has 0 aliphatic heterocycles. The predicted molar refractivity (Wildman–Crippen MR) is 91.7 cm³/mol. The summed E-state index contributed by atoms with van der Waals surface area (Å²) in [5.41, 5.74) is 2.08. The van der Waals surface area contributed by atoms with Crippen molar-refractivity contribution in [2.24, 2.45) is 5.92 Å². The van der Waals surface area contributed by atoms with Crippen molar-refractivity contribution in [3.05, 3.63) is 23.5 Å². The SMILES string of the molecule is COCCn1nc(C)c(NC(=O)C(=O)NC[C@H]2CC=CCC2)c1C. The van der Waals surface area contributed by atoms with E-state index in [2.05, 4.69) is 27.9 Å². The lowest BCUT2D eigenvalue weighted by Crippen LogP contribution is -2.38. The van der Waals surface area contributed by atoms with E-state index in [1.165, 1.54) is 0 Å². The highest BCUT2D eigenvalue weighted by Gasteiger charge is 2.20. The zero-order valence-corrected chi connectivity index (χ0v) is 14.6. The first-order chi connectivity index (χ1) is 11.5. The number of allylic oxidation sites excluding steroid dienone is 2. The summed E-state index contributed by atoms with van der Waals surface area (Å²) in [7, 11) is 1.63. The van der Waals surface area contributed by atoms with Crippen LogP contribution in [0.2, 0.25) is 0 Å². The molecule has 0 bridgehead atoms. The monoisotopic (exact) mass is 334 g/mol. The zero-order valence-electron chi connectivity index (χ0n) is 14.6. The summed E-state index contributed by atoms with van der Waals surface area (Å²) in [6, 6.07) is 0. The molecule has 0 spiro atoms. The number of amides is 2. The predicted octanol–water partition coefficient (Wildman–Crippen LogP) is 1.56. The average molecular weight is 334 g/mol. The maximum Gasteiger partial charge on any atom is 0.313 e. The lowest BCUT2D eigenvalue weighted by Gasteiger charge is -2.17. The Kier molecular flexibility index (Phi) is 6.54. The third kappa shape index (κ3) is 4.67. The Bertz CT molecular complexity index is 622. The van der Waals surface area contributed by atoms with E-state index >= 15 is 0 Å². The maximum absolute atomic E-state index is 12.1. The molecule has 24 heavy (non-hydrogen) atoms. The Morgan fingerprint density at radius 2 is 2.12 bits per heavy atom. The third-order valence-electron chi connectivity index (χ3n) is 4.26. The summed E-state index contributed by atoms with van der Waals surface area (Å²) >= 11 is 0. The zero-order chi connectivity index (χ0) is 17.5. The molecule has 0 radical (unpaired) electrons. The highest BCUT2D eigenvalue weighted by molar-refractivity contribution is 6.39. The van der Waals surface area contributed by atoms with Gasteiger partial charge in [-0.3, -0.25) is 14.3 Å². The van der Waals surface area contributed by atoms with E-state index < -0.39 is 11.8 Å². The Morgan fingerprint density at radius 1 is 1.33 bits per heavy atom. The van der Waals surface area contributed by atoms with E-state index in [-0.39, 0.29) is 0 Å². The van der Waals surface area contributed by atoms with Crippen molar-refractivity contribution >= 4 is 17.5 Å². The van der Waals surface area contributed by atoms with Crippen molar-refractivity contribution in [1.82, 2.24) is 15.1 Å².